The molecule has 0 unspecified atom stereocenters. The lowest BCUT2D eigenvalue weighted by atomic mass is 10.2. The number of aryl methyl sites for hydroxylation is 2. The monoisotopic (exact) mass is 245 g/mol. The van der Waals surface area contributed by atoms with Gasteiger partial charge in [0.1, 0.15) is 0 Å². The smallest absolute Gasteiger partial charge is 0.289 e. The van der Waals surface area contributed by atoms with Gasteiger partial charge in [-0.1, -0.05) is 11.2 Å². The summed E-state index contributed by atoms with van der Waals surface area (Å²) in [5.41, 5.74) is 2.78. The summed E-state index contributed by atoms with van der Waals surface area (Å²) in [6.07, 6.45) is 2.56. The van der Waals surface area contributed by atoms with Gasteiger partial charge in [-0.05, 0) is 31.9 Å². The van der Waals surface area contributed by atoms with Crippen LogP contribution in [0, 0.1) is 13.8 Å². The van der Waals surface area contributed by atoms with Crippen LogP contribution < -0.4 is 5.32 Å². The topological polar surface area (TPSA) is 68.0 Å². The first-order valence-electron chi connectivity index (χ1n) is 5.78. The molecule has 0 aliphatic rings. The second-order valence-corrected chi connectivity index (χ2v) is 4.15. The number of pyridine rings is 1. The molecule has 2 aromatic heterocycles. The van der Waals surface area contributed by atoms with Crippen LogP contribution in [0.2, 0.25) is 0 Å². The second kappa shape index (κ2) is 5.44. The molecule has 18 heavy (non-hydrogen) atoms. The Balaban J connectivity index is 1.82. The van der Waals surface area contributed by atoms with E-state index in [2.05, 4.69) is 15.5 Å². The van der Waals surface area contributed by atoms with E-state index in [-0.39, 0.29) is 11.7 Å². The van der Waals surface area contributed by atoms with Crippen molar-refractivity contribution >= 4 is 5.91 Å². The van der Waals surface area contributed by atoms with Crippen molar-refractivity contribution in [3.8, 4) is 0 Å². The van der Waals surface area contributed by atoms with Crippen LogP contribution in [0.15, 0.2) is 28.9 Å². The van der Waals surface area contributed by atoms with Crippen LogP contribution in [0.1, 0.15) is 27.5 Å². The summed E-state index contributed by atoms with van der Waals surface area (Å²) in [5.74, 6) is 0.00482. The number of nitrogens with zero attached hydrogens (tertiary/aromatic N) is 2. The van der Waals surface area contributed by atoms with Gasteiger partial charge in [-0.3, -0.25) is 9.78 Å². The molecule has 0 atom stereocenters. The number of carbonyl (C=O) groups is 1. The largest absolute Gasteiger partial charge is 0.351 e. The highest BCUT2D eigenvalue weighted by Crippen LogP contribution is 2.02. The van der Waals surface area contributed by atoms with Crippen molar-refractivity contribution in [2.45, 2.75) is 20.3 Å². The summed E-state index contributed by atoms with van der Waals surface area (Å²) >= 11 is 0. The van der Waals surface area contributed by atoms with Gasteiger partial charge >= 0.3 is 0 Å². The lowest BCUT2D eigenvalue weighted by molar-refractivity contribution is 0.0917. The molecular formula is C13H15N3O2. The Labute approximate surface area is 105 Å². The molecule has 0 aromatic carbocycles. The first-order valence-corrected chi connectivity index (χ1v) is 5.78. The maximum Gasteiger partial charge on any atom is 0.289 e. The average molecular weight is 245 g/mol. The summed E-state index contributed by atoms with van der Waals surface area (Å²) < 4.78 is 4.87. The molecule has 5 nitrogen and oxygen atoms in total. The number of hydrogen-bond acceptors (Lipinski definition) is 4. The predicted octanol–water partition coefficient (Wildman–Crippen LogP) is 1.66. The highest BCUT2D eigenvalue weighted by molar-refractivity contribution is 5.91. The summed E-state index contributed by atoms with van der Waals surface area (Å²) in [6, 6.07) is 5.58. The van der Waals surface area contributed by atoms with Gasteiger partial charge < -0.3 is 9.84 Å². The maximum absolute atomic E-state index is 11.6. The first-order chi connectivity index (χ1) is 8.65. The zero-order valence-electron chi connectivity index (χ0n) is 10.4. The average Bonchev–Trinajstić information content (AvgIpc) is 2.78. The van der Waals surface area contributed by atoms with Crippen LogP contribution in [0.3, 0.4) is 0 Å². The van der Waals surface area contributed by atoms with E-state index >= 15 is 0 Å². The molecule has 0 radical (unpaired) electrons. The highest BCUT2D eigenvalue weighted by Gasteiger charge is 2.10. The minimum absolute atomic E-state index is 0.240. The van der Waals surface area contributed by atoms with E-state index in [9.17, 15) is 4.79 Å². The van der Waals surface area contributed by atoms with Gasteiger partial charge in [0.25, 0.3) is 5.91 Å². The Morgan fingerprint density at radius 2 is 2.17 bits per heavy atom. The van der Waals surface area contributed by atoms with Crippen molar-refractivity contribution in [1.29, 1.82) is 0 Å². The molecule has 1 N–H and O–H groups in total. The number of aromatic nitrogens is 2. The third-order valence-corrected chi connectivity index (χ3v) is 2.52. The molecule has 1 amide bonds. The van der Waals surface area contributed by atoms with Gasteiger partial charge in [0, 0.05) is 24.5 Å². The van der Waals surface area contributed by atoms with Crippen LogP contribution in [-0.4, -0.2) is 22.6 Å². The molecule has 0 spiro atoms. The summed E-state index contributed by atoms with van der Waals surface area (Å²) in [4.78, 5) is 15.8. The maximum atomic E-state index is 11.6. The quantitative estimate of drug-likeness (QED) is 0.889. The molecule has 0 aliphatic carbocycles. The number of nitrogens with one attached hydrogen (secondary N) is 1. The van der Waals surface area contributed by atoms with Crippen molar-refractivity contribution in [3.63, 3.8) is 0 Å². The molecule has 0 fully saturated rings. The highest BCUT2D eigenvalue weighted by atomic mass is 16.5. The molecular weight excluding hydrogens is 230 g/mol. The van der Waals surface area contributed by atoms with Crippen LogP contribution >= 0.6 is 0 Å². The van der Waals surface area contributed by atoms with Gasteiger partial charge in [0.05, 0.1) is 5.69 Å². The molecule has 94 valence electrons. The lowest BCUT2D eigenvalue weighted by Crippen LogP contribution is -2.25. The van der Waals surface area contributed by atoms with Crippen molar-refractivity contribution in [3.05, 3.63) is 47.1 Å². The molecule has 2 rings (SSSR count). The Bertz CT molecular complexity index is 531. The number of hydrogen-bond donors (Lipinski definition) is 1. The molecule has 2 heterocycles. The summed E-state index contributed by atoms with van der Waals surface area (Å²) in [7, 11) is 0. The zero-order valence-corrected chi connectivity index (χ0v) is 10.4. The van der Waals surface area contributed by atoms with E-state index in [1.807, 2.05) is 25.3 Å². The molecule has 0 saturated carbocycles. The van der Waals surface area contributed by atoms with E-state index in [1.165, 1.54) is 0 Å². The Morgan fingerprint density at radius 3 is 2.78 bits per heavy atom. The number of amides is 1. The van der Waals surface area contributed by atoms with E-state index < -0.39 is 0 Å². The van der Waals surface area contributed by atoms with Crippen LogP contribution in [0.25, 0.3) is 0 Å². The van der Waals surface area contributed by atoms with Crippen molar-refractivity contribution in [1.82, 2.24) is 15.5 Å². The summed E-state index contributed by atoms with van der Waals surface area (Å²) in [6.45, 7) is 4.26. The van der Waals surface area contributed by atoms with Gasteiger partial charge in [-0.25, -0.2) is 0 Å². The molecule has 0 aliphatic heterocycles. The van der Waals surface area contributed by atoms with Crippen LogP contribution in [-0.2, 0) is 6.42 Å². The van der Waals surface area contributed by atoms with Crippen molar-refractivity contribution in [2.24, 2.45) is 0 Å². The minimum atomic E-state index is -0.240. The third-order valence-electron chi connectivity index (χ3n) is 2.52. The Morgan fingerprint density at radius 1 is 1.33 bits per heavy atom. The van der Waals surface area contributed by atoms with Gasteiger partial charge in [-0.15, -0.1) is 0 Å². The van der Waals surface area contributed by atoms with Gasteiger partial charge in [-0.2, -0.15) is 0 Å². The third kappa shape index (κ3) is 3.16. The number of carbonyl (C=O) groups excluding carboxylic acids is 1. The number of rotatable bonds is 4. The van der Waals surface area contributed by atoms with Crippen LogP contribution in [0.4, 0.5) is 0 Å². The molecule has 0 bridgehead atoms. The van der Waals surface area contributed by atoms with Gasteiger partial charge in [0.2, 0.25) is 5.76 Å². The second-order valence-electron chi connectivity index (χ2n) is 4.15. The lowest BCUT2D eigenvalue weighted by Gasteiger charge is -2.03. The van der Waals surface area contributed by atoms with Crippen molar-refractivity contribution in [2.75, 3.05) is 6.54 Å². The summed E-state index contributed by atoms with van der Waals surface area (Å²) in [5, 5.41) is 6.44. The Hall–Kier alpha value is -2.17. The predicted molar refractivity (Wildman–Crippen MR) is 66.3 cm³/mol. The molecule has 2 aromatic rings. The van der Waals surface area contributed by atoms with E-state index in [4.69, 9.17) is 4.52 Å². The van der Waals surface area contributed by atoms with E-state index in [0.717, 1.165) is 17.7 Å². The molecule has 0 saturated heterocycles. The molecule has 5 heteroatoms. The Kier molecular flexibility index (Phi) is 3.72. The van der Waals surface area contributed by atoms with Crippen molar-refractivity contribution < 1.29 is 9.32 Å². The normalized spacial score (nSPS) is 10.3. The standard InChI is InChI=1S/C13H15N3O2/c1-9-3-4-11(8-15-9)5-6-14-13(17)12-7-10(2)16-18-12/h3-4,7-8H,5-6H2,1-2H3,(H,14,17). The minimum Gasteiger partial charge on any atom is -0.351 e. The van der Waals surface area contributed by atoms with E-state index in [1.54, 1.807) is 13.0 Å². The fraction of sp³-hybridized carbons (Fsp3) is 0.308. The van der Waals surface area contributed by atoms with E-state index in [0.29, 0.717) is 12.2 Å². The SMILES string of the molecule is Cc1ccc(CCNC(=O)c2cc(C)no2)cn1. The first kappa shape index (κ1) is 12.3. The van der Waals surface area contributed by atoms with Crippen LogP contribution in [0.5, 0.6) is 0 Å². The van der Waals surface area contributed by atoms with Gasteiger partial charge in [0.15, 0.2) is 0 Å². The zero-order chi connectivity index (χ0) is 13.0. The fourth-order valence-corrected chi connectivity index (χ4v) is 1.52. The fourth-order valence-electron chi connectivity index (χ4n) is 1.52.